The maximum absolute atomic E-state index is 16.0. The van der Waals surface area contributed by atoms with Gasteiger partial charge < -0.3 is 14.8 Å². The minimum absolute atomic E-state index is 0.0415. The second-order valence-corrected chi connectivity index (χ2v) is 13.2. The number of halogens is 3. The van der Waals surface area contributed by atoms with E-state index in [-0.39, 0.29) is 35.4 Å². The molecule has 2 aliphatic heterocycles. The summed E-state index contributed by atoms with van der Waals surface area (Å²) in [4.78, 5) is 1.89. The summed E-state index contributed by atoms with van der Waals surface area (Å²) in [6, 6.07) is 17.3. The highest BCUT2D eigenvalue weighted by Crippen LogP contribution is 2.46. The molecule has 0 radical (unpaired) electrons. The fraction of sp³-hybridized carbons (Fsp3) is 0.486. The molecule has 3 aromatic rings. The summed E-state index contributed by atoms with van der Waals surface area (Å²) in [5.41, 5.74) is 1.39. The van der Waals surface area contributed by atoms with E-state index in [9.17, 15) is 0 Å². The van der Waals surface area contributed by atoms with Gasteiger partial charge in [0.1, 0.15) is 35.4 Å². The van der Waals surface area contributed by atoms with Crippen LogP contribution in [0.4, 0.5) is 13.2 Å². The average molecular weight is 579 g/mol. The van der Waals surface area contributed by atoms with Crippen molar-refractivity contribution in [1.82, 2.24) is 10.2 Å². The smallest absolute Gasteiger partial charge is 0.134 e. The van der Waals surface area contributed by atoms with Crippen molar-refractivity contribution in [2.75, 3.05) is 19.6 Å². The van der Waals surface area contributed by atoms with E-state index in [0.717, 1.165) is 55.5 Å². The van der Waals surface area contributed by atoms with E-state index in [0.29, 0.717) is 18.8 Å². The molecule has 3 aliphatic rings. The predicted octanol–water partition coefficient (Wildman–Crippen LogP) is 7.54. The molecule has 6 rings (SSSR count). The summed E-state index contributed by atoms with van der Waals surface area (Å²) in [6.45, 7) is 7.45. The molecule has 3 unspecified atom stereocenters. The Hall–Kier alpha value is -3.03. The molecule has 3 aromatic carbocycles. The lowest BCUT2D eigenvalue weighted by molar-refractivity contribution is 0.0650. The van der Waals surface area contributed by atoms with Crippen LogP contribution in [0.25, 0.3) is 0 Å². The molecule has 1 aliphatic carbocycles. The largest absolute Gasteiger partial charge is 0.490 e. The van der Waals surface area contributed by atoms with Gasteiger partial charge in [-0.25, -0.2) is 13.2 Å². The van der Waals surface area contributed by atoms with E-state index in [1.54, 1.807) is 0 Å². The van der Waals surface area contributed by atoms with Crippen LogP contribution in [0.1, 0.15) is 74.8 Å². The monoisotopic (exact) mass is 578 g/mol. The summed E-state index contributed by atoms with van der Waals surface area (Å²) in [5, 5.41) is 3.44. The number of rotatable bonds is 8. The first-order chi connectivity index (χ1) is 20.1. The molecule has 224 valence electrons. The minimum atomic E-state index is -1.55. The topological polar surface area (TPSA) is 33.7 Å². The van der Waals surface area contributed by atoms with Gasteiger partial charge in [-0.1, -0.05) is 36.4 Å². The molecule has 42 heavy (non-hydrogen) atoms. The normalized spacial score (nSPS) is 26.0. The third-order valence-corrected chi connectivity index (χ3v) is 9.25. The molecule has 1 spiro atoms. The van der Waals surface area contributed by atoms with E-state index in [2.05, 4.69) is 5.32 Å². The van der Waals surface area contributed by atoms with Gasteiger partial charge in [0.25, 0.3) is 0 Å². The third kappa shape index (κ3) is 6.18. The second-order valence-electron chi connectivity index (χ2n) is 13.2. The van der Waals surface area contributed by atoms with Crippen molar-refractivity contribution in [1.29, 1.82) is 0 Å². The summed E-state index contributed by atoms with van der Waals surface area (Å²) in [7, 11) is 0. The number of hydrogen-bond donors (Lipinski definition) is 1. The highest BCUT2D eigenvalue weighted by atomic mass is 19.1. The number of alkyl halides is 1. The van der Waals surface area contributed by atoms with Crippen molar-refractivity contribution in [2.45, 2.75) is 83.3 Å². The fourth-order valence-corrected chi connectivity index (χ4v) is 7.25. The molecule has 0 bridgehead atoms. The van der Waals surface area contributed by atoms with E-state index in [1.807, 2.05) is 60.4 Å². The van der Waals surface area contributed by atoms with Crippen LogP contribution in [0.3, 0.4) is 0 Å². The van der Waals surface area contributed by atoms with Crippen LogP contribution in [0, 0.1) is 17.0 Å². The zero-order chi connectivity index (χ0) is 29.5. The molecule has 4 atom stereocenters. The molecule has 7 heteroatoms. The quantitative estimate of drug-likeness (QED) is 0.300. The number of nitrogens with one attached hydrogen (secondary N) is 1. The Morgan fingerprint density at radius 2 is 1.76 bits per heavy atom. The number of benzene rings is 3. The summed E-state index contributed by atoms with van der Waals surface area (Å²) in [6.07, 6.45) is 4.53. The lowest BCUT2D eigenvalue weighted by Crippen LogP contribution is -2.48. The van der Waals surface area contributed by atoms with Crippen molar-refractivity contribution in [3.63, 3.8) is 0 Å². The summed E-state index contributed by atoms with van der Waals surface area (Å²) < 4.78 is 59.3. The summed E-state index contributed by atoms with van der Waals surface area (Å²) >= 11 is 0. The molecule has 1 saturated carbocycles. The highest BCUT2D eigenvalue weighted by molar-refractivity contribution is 5.46. The first-order valence-corrected chi connectivity index (χ1v) is 15.2. The SMILES string of the molecule is C[C@@H]1Cc2cc(OCc3ccccc3)ccc2C(c2c(F)cc(OC3CCC4(CCNC4)C3)cc2F)N1CC(C)(C)F. The van der Waals surface area contributed by atoms with Crippen LogP contribution in [0.2, 0.25) is 0 Å². The zero-order valence-corrected chi connectivity index (χ0v) is 24.8. The van der Waals surface area contributed by atoms with Gasteiger partial charge in [-0.15, -0.1) is 0 Å². The van der Waals surface area contributed by atoms with Gasteiger partial charge in [0.2, 0.25) is 0 Å². The fourth-order valence-electron chi connectivity index (χ4n) is 7.25. The molecular weight excluding hydrogens is 537 g/mol. The van der Waals surface area contributed by atoms with Crippen molar-refractivity contribution >= 4 is 0 Å². The Labute approximate surface area is 247 Å². The van der Waals surface area contributed by atoms with Crippen molar-refractivity contribution in [3.05, 3.63) is 94.6 Å². The number of fused-ring (bicyclic) bond motifs is 1. The van der Waals surface area contributed by atoms with Gasteiger partial charge in [0.05, 0.1) is 12.1 Å². The molecule has 0 amide bonds. The Morgan fingerprint density at radius 3 is 2.45 bits per heavy atom. The molecule has 2 heterocycles. The van der Waals surface area contributed by atoms with Crippen LogP contribution in [-0.2, 0) is 13.0 Å². The Bertz CT molecular complexity index is 1380. The maximum Gasteiger partial charge on any atom is 0.134 e. The van der Waals surface area contributed by atoms with Gasteiger partial charge >= 0.3 is 0 Å². The first kappa shape index (κ1) is 29.1. The molecule has 0 aromatic heterocycles. The number of ether oxygens (including phenoxy) is 2. The maximum atomic E-state index is 16.0. The molecule has 4 nitrogen and oxygen atoms in total. The Morgan fingerprint density at radius 1 is 1.00 bits per heavy atom. The van der Waals surface area contributed by atoms with Crippen molar-refractivity contribution in [3.8, 4) is 11.5 Å². The molecular formula is C35H41F3N2O2. The first-order valence-electron chi connectivity index (χ1n) is 15.2. The summed E-state index contributed by atoms with van der Waals surface area (Å²) in [5.74, 6) is -0.431. The van der Waals surface area contributed by atoms with Gasteiger partial charge in [0.15, 0.2) is 0 Å². The van der Waals surface area contributed by atoms with Crippen molar-refractivity contribution < 1.29 is 22.6 Å². The van der Waals surface area contributed by atoms with Crippen LogP contribution < -0.4 is 14.8 Å². The lowest BCUT2D eigenvalue weighted by Gasteiger charge is -2.44. The Kier molecular flexibility index (Phi) is 8.01. The van der Waals surface area contributed by atoms with Gasteiger partial charge in [-0.2, -0.15) is 0 Å². The average Bonchev–Trinajstić information content (AvgIpc) is 3.57. The highest BCUT2D eigenvalue weighted by Gasteiger charge is 2.43. The van der Waals surface area contributed by atoms with Gasteiger partial charge in [-0.05, 0) is 93.7 Å². The standard InChI is InChI=1S/C35H41F3N2O2/c1-23-15-25-16-26(41-20-24-7-5-4-6-8-24)9-10-29(25)33(40(23)22-34(2,3)38)32-30(36)17-28(18-31(32)37)42-27-11-12-35(19-27)13-14-39-21-35/h4-10,16-18,23,27,33,39H,11-15,19-22H2,1-3H3/t23-,27?,33?,35?/m1/s1. The zero-order valence-electron chi connectivity index (χ0n) is 24.8. The lowest BCUT2D eigenvalue weighted by atomic mass is 9.83. The number of nitrogens with zero attached hydrogens (tertiary/aromatic N) is 1. The second kappa shape index (κ2) is 11.6. The van der Waals surface area contributed by atoms with E-state index in [4.69, 9.17) is 9.47 Å². The minimum Gasteiger partial charge on any atom is -0.490 e. The van der Waals surface area contributed by atoms with E-state index >= 15 is 13.2 Å². The Balaban J connectivity index is 1.29. The van der Waals surface area contributed by atoms with Gasteiger partial charge in [0, 0.05) is 36.8 Å². The van der Waals surface area contributed by atoms with Crippen LogP contribution in [0.5, 0.6) is 11.5 Å². The molecule has 1 saturated heterocycles. The van der Waals surface area contributed by atoms with Crippen LogP contribution in [0.15, 0.2) is 60.7 Å². The van der Waals surface area contributed by atoms with Gasteiger partial charge in [-0.3, -0.25) is 4.90 Å². The number of hydrogen-bond acceptors (Lipinski definition) is 4. The molecule has 2 fully saturated rings. The molecule has 1 N–H and O–H groups in total. The van der Waals surface area contributed by atoms with Crippen LogP contribution >= 0.6 is 0 Å². The third-order valence-electron chi connectivity index (χ3n) is 9.25. The predicted molar refractivity (Wildman–Crippen MR) is 159 cm³/mol. The van der Waals surface area contributed by atoms with Crippen molar-refractivity contribution in [2.24, 2.45) is 5.41 Å². The van der Waals surface area contributed by atoms with Crippen LogP contribution in [-0.4, -0.2) is 42.3 Å². The van der Waals surface area contributed by atoms with E-state index in [1.165, 1.54) is 26.0 Å². The van der Waals surface area contributed by atoms with E-state index < -0.39 is 23.3 Å².